The molecule has 0 aliphatic heterocycles. The van der Waals surface area contributed by atoms with Gasteiger partial charge in [0.25, 0.3) is 0 Å². The van der Waals surface area contributed by atoms with Gasteiger partial charge in [-0.2, -0.15) is 0 Å². The molecule has 0 aromatic rings. The van der Waals surface area contributed by atoms with Crippen molar-refractivity contribution in [2.45, 2.75) is 0 Å². The minimum atomic E-state index is -0.866. The molecule has 0 aliphatic rings. The van der Waals surface area contributed by atoms with E-state index in [1.807, 2.05) is 45.2 Å². The molecule has 4 nitrogen and oxygen atoms in total. The maximum atomic E-state index is 9.85. The van der Waals surface area contributed by atoms with Crippen LogP contribution in [0.5, 0.6) is 0 Å². The summed E-state index contributed by atoms with van der Waals surface area (Å²) in [4.78, 5) is 19.7. The molecule has 0 heterocycles. The molecule has 0 saturated heterocycles. The van der Waals surface area contributed by atoms with Crippen molar-refractivity contribution < 1.29 is 39.3 Å². The summed E-state index contributed by atoms with van der Waals surface area (Å²) >= 11 is 7.26. The van der Waals surface area contributed by atoms with Gasteiger partial charge in [0.05, 0.1) is 0 Å². The Kier molecular flexibility index (Phi) is 20.7. The number of aliphatic carboxylic acids is 2. The van der Waals surface area contributed by atoms with Crippen LogP contribution in [0, 0.1) is 0 Å². The van der Waals surface area contributed by atoms with Gasteiger partial charge >= 0.3 is 11.9 Å². The van der Waals surface area contributed by atoms with Gasteiger partial charge in [-0.05, 0) is 53.3 Å². The molecule has 0 rings (SSSR count). The van der Waals surface area contributed by atoms with Crippen molar-refractivity contribution in [2.75, 3.05) is 0 Å². The Balaban J connectivity index is -0.000000180. The van der Waals surface area contributed by atoms with E-state index in [0.29, 0.717) is 7.16 Å². The van der Waals surface area contributed by atoms with Gasteiger partial charge in [0.1, 0.15) is 7.16 Å². The number of carbonyl (C=O) groups is 2. The summed E-state index contributed by atoms with van der Waals surface area (Å²) in [6, 6.07) is 0. The zero-order valence-electron chi connectivity index (χ0n) is 7.08. The Labute approximate surface area is 154 Å². The molecule has 0 spiro atoms. The van der Waals surface area contributed by atoms with Gasteiger partial charge in [0, 0.05) is 19.5 Å². The third-order valence-electron chi connectivity index (χ3n) is 0.600. The molecular weight excluding hydrogens is 709 g/mol. The van der Waals surface area contributed by atoms with Crippen molar-refractivity contribution in [2.24, 2.45) is 0 Å². The Morgan fingerprint density at radius 1 is 0.867 bits per heavy atom. The summed E-state index contributed by atoms with van der Waals surface area (Å²) in [5.74, 6) is -1.73. The largest absolute Gasteiger partial charge is 0.477 e. The van der Waals surface area contributed by atoms with Gasteiger partial charge in [-0.1, -0.05) is 45.2 Å². The molecule has 2 N–H and O–H groups in total. The predicted molar refractivity (Wildman–Crippen MR) is 87.5 cm³/mol. The SMILES string of the molecule is O=C(O)C(I)=CI.O=C(O)C(I)=CI.[Zn]. The van der Waals surface area contributed by atoms with Gasteiger partial charge in [-0.25, -0.2) is 9.59 Å². The fourth-order valence-electron chi connectivity index (χ4n) is 0.0933. The van der Waals surface area contributed by atoms with Gasteiger partial charge in [0.15, 0.2) is 0 Å². The van der Waals surface area contributed by atoms with Crippen LogP contribution >= 0.6 is 90.4 Å². The molecule has 0 unspecified atom stereocenters. The third kappa shape index (κ3) is 16.0. The first-order valence-electron chi connectivity index (χ1n) is 2.75. The summed E-state index contributed by atoms with van der Waals surface area (Å²) in [7, 11) is 0. The quantitative estimate of drug-likeness (QED) is 0.261. The smallest absolute Gasteiger partial charge is 0.342 e. The van der Waals surface area contributed by atoms with E-state index in [0.717, 1.165) is 0 Å². The van der Waals surface area contributed by atoms with Gasteiger partial charge in [-0.3, -0.25) is 0 Å². The van der Waals surface area contributed by atoms with Crippen LogP contribution in [-0.4, -0.2) is 22.2 Å². The summed E-state index contributed by atoms with van der Waals surface area (Å²) < 4.78 is 3.72. The Morgan fingerprint density at radius 2 is 1.07 bits per heavy atom. The molecule has 0 aromatic heterocycles. The van der Waals surface area contributed by atoms with E-state index in [4.69, 9.17) is 10.2 Å². The second-order valence-corrected chi connectivity index (χ2v) is 5.09. The average Bonchev–Trinajstić information content (AvgIpc) is 2.15. The zero-order valence-corrected chi connectivity index (χ0v) is 18.7. The van der Waals surface area contributed by atoms with Crippen molar-refractivity contribution in [3.63, 3.8) is 0 Å². The standard InChI is InChI=1S/2C3H2I2O2.Zn/c2*4-1-2(5)3(6)7;/h2*1H,(H,6,7);. The van der Waals surface area contributed by atoms with Crippen LogP contribution in [0.2, 0.25) is 0 Å². The van der Waals surface area contributed by atoms with Gasteiger partial charge < -0.3 is 10.2 Å². The van der Waals surface area contributed by atoms with Crippen LogP contribution < -0.4 is 0 Å². The third-order valence-corrected chi connectivity index (χ3v) is 5.77. The number of rotatable bonds is 2. The second-order valence-electron chi connectivity index (χ2n) is 1.52. The van der Waals surface area contributed by atoms with E-state index in [2.05, 4.69) is 0 Å². The van der Waals surface area contributed by atoms with Crippen molar-refractivity contribution in [3.8, 4) is 0 Å². The molecule has 82 valence electrons. The topological polar surface area (TPSA) is 74.6 Å². The average molecular weight is 713 g/mol. The molecule has 0 bridgehead atoms. The van der Waals surface area contributed by atoms with E-state index >= 15 is 0 Å². The Bertz CT molecular complexity index is 248. The van der Waals surface area contributed by atoms with Crippen LogP contribution in [0.1, 0.15) is 0 Å². The van der Waals surface area contributed by atoms with E-state index in [9.17, 15) is 9.59 Å². The first-order valence-corrected chi connectivity index (χ1v) is 7.40. The number of carboxylic acids is 2. The molecule has 0 aromatic carbocycles. The summed E-state index contributed by atoms with van der Waals surface area (Å²) in [6.07, 6.45) is 0. The molecule has 0 saturated carbocycles. The normalized spacial score (nSPS) is 10.7. The number of hydrogen-bond donors (Lipinski definition) is 2. The predicted octanol–water partition coefficient (Wildman–Crippen LogP) is 3.56. The number of carboxylic acid groups (broad SMARTS) is 2. The van der Waals surface area contributed by atoms with Crippen molar-refractivity contribution >= 4 is 102 Å². The maximum Gasteiger partial charge on any atom is 0.342 e. The molecular formula is C6H4I4O4Zn. The zero-order chi connectivity index (χ0) is 11.7. The van der Waals surface area contributed by atoms with Crippen LogP contribution in [0.4, 0.5) is 0 Å². The Hall–Kier alpha value is 1.96. The molecule has 0 atom stereocenters. The van der Waals surface area contributed by atoms with Crippen molar-refractivity contribution in [1.82, 2.24) is 0 Å². The van der Waals surface area contributed by atoms with Crippen LogP contribution in [0.15, 0.2) is 15.3 Å². The van der Waals surface area contributed by atoms with E-state index in [1.165, 1.54) is 8.17 Å². The van der Waals surface area contributed by atoms with Crippen molar-refractivity contribution in [1.29, 1.82) is 0 Å². The van der Waals surface area contributed by atoms with Gasteiger partial charge in [0.2, 0.25) is 0 Å². The summed E-state index contributed by atoms with van der Waals surface area (Å²) in [5, 5.41) is 16.2. The monoisotopic (exact) mass is 712 g/mol. The summed E-state index contributed by atoms with van der Waals surface area (Å²) in [5.41, 5.74) is 0. The Morgan fingerprint density at radius 3 is 1.07 bits per heavy atom. The second kappa shape index (κ2) is 14.0. The molecule has 0 amide bonds. The number of hydrogen-bond acceptors (Lipinski definition) is 2. The maximum absolute atomic E-state index is 9.85. The number of halogens is 4. The van der Waals surface area contributed by atoms with Crippen molar-refractivity contribution in [3.05, 3.63) is 15.3 Å². The summed E-state index contributed by atoms with van der Waals surface area (Å²) in [6.45, 7) is 0. The fourth-order valence-corrected chi connectivity index (χ4v) is 0.626. The van der Waals surface area contributed by atoms with Crippen LogP contribution in [0.25, 0.3) is 0 Å². The minimum absolute atomic E-state index is 0. The first-order chi connectivity index (χ1) is 6.36. The van der Waals surface area contributed by atoms with E-state index in [-0.39, 0.29) is 19.5 Å². The molecule has 0 aliphatic carbocycles. The van der Waals surface area contributed by atoms with Crippen LogP contribution in [-0.2, 0) is 29.1 Å². The van der Waals surface area contributed by atoms with Gasteiger partial charge in [-0.15, -0.1) is 0 Å². The molecule has 9 heteroatoms. The molecule has 15 heavy (non-hydrogen) atoms. The fraction of sp³-hybridized carbons (Fsp3) is 0. The van der Waals surface area contributed by atoms with E-state index in [1.54, 1.807) is 45.2 Å². The van der Waals surface area contributed by atoms with E-state index < -0.39 is 11.9 Å². The minimum Gasteiger partial charge on any atom is -0.477 e. The molecule has 0 radical (unpaired) electrons. The first kappa shape index (κ1) is 22.2. The molecule has 0 fully saturated rings. The van der Waals surface area contributed by atoms with Crippen LogP contribution in [0.3, 0.4) is 0 Å².